The molecule has 0 saturated heterocycles. The van der Waals surface area contributed by atoms with Crippen LogP contribution in [0.4, 0.5) is 0 Å². The summed E-state index contributed by atoms with van der Waals surface area (Å²) in [4.78, 5) is 0.868. The first-order valence-electron chi connectivity index (χ1n) is 8.05. The quantitative estimate of drug-likeness (QED) is 0.839. The SMILES string of the molecule is CCCC1CCC(NCC)C(S(=O)c2cccc(Cl)c2)C1. The highest BCUT2D eigenvalue weighted by Gasteiger charge is 2.34. The van der Waals surface area contributed by atoms with Crippen LogP contribution in [0.2, 0.25) is 5.02 Å². The van der Waals surface area contributed by atoms with Gasteiger partial charge in [0.25, 0.3) is 0 Å². The number of benzene rings is 1. The van der Waals surface area contributed by atoms with Crippen LogP contribution in [0.25, 0.3) is 0 Å². The predicted molar refractivity (Wildman–Crippen MR) is 91.4 cm³/mol. The van der Waals surface area contributed by atoms with E-state index < -0.39 is 10.8 Å². The molecule has 0 aromatic heterocycles. The zero-order valence-corrected chi connectivity index (χ0v) is 14.6. The van der Waals surface area contributed by atoms with E-state index in [4.69, 9.17) is 11.6 Å². The summed E-state index contributed by atoms with van der Waals surface area (Å²) in [5, 5.41) is 4.41. The minimum atomic E-state index is -0.983. The fraction of sp³-hybridized carbons (Fsp3) is 0.647. The lowest BCUT2D eigenvalue weighted by Crippen LogP contribution is -2.46. The fourth-order valence-corrected chi connectivity index (χ4v) is 5.42. The number of hydrogen-bond donors (Lipinski definition) is 1. The maximum absolute atomic E-state index is 13.0. The largest absolute Gasteiger partial charge is 0.313 e. The Kier molecular flexibility index (Phi) is 6.72. The molecular weight excluding hydrogens is 302 g/mol. The van der Waals surface area contributed by atoms with Crippen LogP contribution < -0.4 is 5.32 Å². The van der Waals surface area contributed by atoms with E-state index in [1.54, 1.807) is 0 Å². The number of rotatable bonds is 6. The van der Waals surface area contributed by atoms with Crippen molar-refractivity contribution in [1.29, 1.82) is 0 Å². The van der Waals surface area contributed by atoms with Gasteiger partial charge in [0.2, 0.25) is 0 Å². The van der Waals surface area contributed by atoms with Crippen LogP contribution in [0.3, 0.4) is 0 Å². The van der Waals surface area contributed by atoms with E-state index in [-0.39, 0.29) is 5.25 Å². The lowest BCUT2D eigenvalue weighted by molar-refractivity contribution is 0.286. The average molecular weight is 328 g/mol. The predicted octanol–water partition coefficient (Wildman–Crippen LogP) is 4.39. The fourth-order valence-electron chi connectivity index (χ4n) is 3.38. The van der Waals surface area contributed by atoms with Crippen LogP contribution in [0.5, 0.6) is 0 Å². The summed E-state index contributed by atoms with van der Waals surface area (Å²) in [5.41, 5.74) is 0. The highest BCUT2D eigenvalue weighted by molar-refractivity contribution is 7.85. The van der Waals surface area contributed by atoms with Gasteiger partial charge in [-0.1, -0.05) is 44.4 Å². The lowest BCUT2D eigenvalue weighted by Gasteiger charge is -2.36. The van der Waals surface area contributed by atoms with Crippen LogP contribution in [0.15, 0.2) is 29.2 Å². The van der Waals surface area contributed by atoms with E-state index in [1.807, 2.05) is 24.3 Å². The molecule has 0 radical (unpaired) electrons. The van der Waals surface area contributed by atoms with E-state index >= 15 is 0 Å². The summed E-state index contributed by atoms with van der Waals surface area (Å²) in [6, 6.07) is 7.89. The monoisotopic (exact) mass is 327 g/mol. The molecule has 0 heterocycles. The first-order chi connectivity index (χ1) is 10.2. The van der Waals surface area contributed by atoms with Crippen LogP contribution in [-0.4, -0.2) is 22.0 Å². The van der Waals surface area contributed by atoms with E-state index in [1.165, 1.54) is 19.3 Å². The summed E-state index contributed by atoms with van der Waals surface area (Å²) in [7, 11) is -0.983. The summed E-state index contributed by atoms with van der Waals surface area (Å²) >= 11 is 6.05. The van der Waals surface area contributed by atoms with Gasteiger partial charge in [-0.25, -0.2) is 0 Å². The average Bonchev–Trinajstić information content (AvgIpc) is 2.48. The van der Waals surface area contributed by atoms with Gasteiger partial charge in [0.05, 0.1) is 16.0 Å². The molecule has 0 aliphatic heterocycles. The molecule has 1 fully saturated rings. The molecule has 2 nitrogen and oxygen atoms in total. The first kappa shape index (κ1) is 17.0. The zero-order valence-electron chi connectivity index (χ0n) is 13.0. The summed E-state index contributed by atoms with van der Waals surface area (Å²) < 4.78 is 13.0. The van der Waals surface area contributed by atoms with Crippen LogP contribution in [-0.2, 0) is 10.8 Å². The van der Waals surface area contributed by atoms with Gasteiger partial charge in [-0.3, -0.25) is 4.21 Å². The standard InChI is InChI=1S/C17H26ClNOS/c1-3-6-13-9-10-16(19-4-2)17(11-13)21(20)15-8-5-7-14(18)12-15/h5,7-8,12-13,16-17,19H,3-4,6,9-11H2,1-2H3. The smallest absolute Gasteiger partial charge is 0.0577 e. The third-order valence-corrected chi connectivity index (χ3v) is 6.39. The Morgan fingerprint density at radius 2 is 2.14 bits per heavy atom. The van der Waals surface area contributed by atoms with Gasteiger partial charge in [-0.15, -0.1) is 0 Å². The molecule has 118 valence electrons. The summed E-state index contributed by atoms with van der Waals surface area (Å²) in [5.74, 6) is 0.720. The second-order valence-corrected chi connectivity index (χ2v) is 8.03. The molecule has 1 aliphatic carbocycles. The Balaban J connectivity index is 2.16. The van der Waals surface area contributed by atoms with E-state index in [9.17, 15) is 4.21 Å². The molecule has 1 saturated carbocycles. The number of halogens is 1. The molecule has 4 unspecified atom stereocenters. The van der Waals surface area contributed by atoms with Crippen molar-refractivity contribution in [1.82, 2.24) is 5.32 Å². The van der Waals surface area contributed by atoms with Crippen LogP contribution in [0, 0.1) is 5.92 Å². The molecule has 0 amide bonds. The van der Waals surface area contributed by atoms with Crippen LogP contribution >= 0.6 is 11.6 Å². The summed E-state index contributed by atoms with van der Waals surface area (Å²) in [6.45, 7) is 5.29. The normalized spacial score (nSPS) is 27.5. The Morgan fingerprint density at radius 1 is 1.33 bits per heavy atom. The van der Waals surface area contributed by atoms with Gasteiger partial charge in [-0.05, 0) is 49.9 Å². The van der Waals surface area contributed by atoms with Crippen molar-refractivity contribution < 1.29 is 4.21 Å². The molecule has 1 aliphatic rings. The summed E-state index contributed by atoms with van der Waals surface area (Å²) in [6.07, 6.45) is 5.92. The van der Waals surface area contributed by atoms with Gasteiger partial charge in [0, 0.05) is 16.0 Å². The number of hydrogen-bond acceptors (Lipinski definition) is 2. The topological polar surface area (TPSA) is 29.1 Å². The zero-order chi connectivity index (χ0) is 15.2. The Bertz CT molecular complexity index is 480. The lowest BCUT2D eigenvalue weighted by atomic mass is 9.83. The Hall–Kier alpha value is -0.380. The van der Waals surface area contributed by atoms with Crippen molar-refractivity contribution in [3.05, 3.63) is 29.3 Å². The van der Waals surface area contributed by atoms with Gasteiger partial charge in [-0.2, -0.15) is 0 Å². The molecular formula is C17H26ClNOS. The maximum Gasteiger partial charge on any atom is 0.0577 e. The van der Waals surface area contributed by atoms with Gasteiger partial charge in [0.15, 0.2) is 0 Å². The minimum absolute atomic E-state index is 0.203. The van der Waals surface area contributed by atoms with Crippen LogP contribution in [0.1, 0.15) is 46.0 Å². The second kappa shape index (κ2) is 8.30. The highest BCUT2D eigenvalue weighted by atomic mass is 35.5. The van der Waals surface area contributed by atoms with Gasteiger partial charge < -0.3 is 5.32 Å². The molecule has 1 N–H and O–H groups in total. The Labute approximate surface area is 136 Å². The number of nitrogens with one attached hydrogen (secondary N) is 1. The third kappa shape index (κ3) is 4.54. The maximum atomic E-state index is 13.0. The molecule has 4 heteroatoms. The molecule has 0 spiro atoms. The van der Waals surface area contributed by atoms with E-state index in [0.717, 1.165) is 30.2 Å². The third-order valence-electron chi connectivity index (χ3n) is 4.37. The minimum Gasteiger partial charge on any atom is -0.313 e. The second-order valence-electron chi connectivity index (χ2n) is 5.93. The molecule has 0 bridgehead atoms. The van der Waals surface area contributed by atoms with Crippen molar-refractivity contribution in [2.45, 2.75) is 62.1 Å². The van der Waals surface area contributed by atoms with Gasteiger partial charge >= 0.3 is 0 Å². The Morgan fingerprint density at radius 3 is 2.81 bits per heavy atom. The van der Waals surface area contributed by atoms with E-state index in [0.29, 0.717) is 11.1 Å². The van der Waals surface area contributed by atoms with Gasteiger partial charge in [0.1, 0.15) is 0 Å². The van der Waals surface area contributed by atoms with Crippen molar-refractivity contribution in [3.63, 3.8) is 0 Å². The van der Waals surface area contributed by atoms with Crippen molar-refractivity contribution >= 4 is 22.4 Å². The molecule has 1 aromatic rings. The van der Waals surface area contributed by atoms with Crippen molar-refractivity contribution in [2.24, 2.45) is 5.92 Å². The molecule has 2 rings (SSSR count). The molecule has 1 aromatic carbocycles. The first-order valence-corrected chi connectivity index (χ1v) is 9.64. The van der Waals surface area contributed by atoms with E-state index in [2.05, 4.69) is 19.2 Å². The van der Waals surface area contributed by atoms with Crippen molar-refractivity contribution in [2.75, 3.05) is 6.54 Å². The molecule has 21 heavy (non-hydrogen) atoms. The van der Waals surface area contributed by atoms with Crippen molar-refractivity contribution in [3.8, 4) is 0 Å². The molecule has 4 atom stereocenters. The highest BCUT2D eigenvalue weighted by Crippen LogP contribution is 2.33.